The standard InChI is InChI=1S/C12H12Cl2N6OS/c1-5-2-3-6(13)9(8(5)14)17-7(21)4-22-12-19-10(15)18-11(16)20-12/h2-3H,4H2,1H3,(H,17,21)(H4,15,16,18,19,20). The zero-order valence-corrected chi connectivity index (χ0v) is 13.8. The number of nitrogens with two attached hydrogens (primary N) is 2. The number of rotatable bonds is 4. The minimum absolute atomic E-state index is 0.000168. The van der Waals surface area contributed by atoms with Crippen LogP contribution in [0, 0.1) is 6.92 Å². The second-order valence-corrected chi connectivity index (χ2v) is 5.95. The summed E-state index contributed by atoms with van der Waals surface area (Å²) >= 11 is 13.2. The Morgan fingerprint density at radius 1 is 1.23 bits per heavy atom. The minimum atomic E-state index is -0.308. The summed E-state index contributed by atoms with van der Waals surface area (Å²) in [6.45, 7) is 1.82. The number of carbonyl (C=O) groups is 1. The van der Waals surface area contributed by atoms with Crippen molar-refractivity contribution >= 4 is 58.5 Å². The number of nitrogen functional groups attached to an aromatic ring is 2. The minimum Gasteiger partial charge on any atom is -0.368 e. The third-order valence-corrected chi connectivity index (χ3v) is 4.18. The molecule has 0 unspecified atom stereocenters. The maximum atomic E-state index is 12.0. The molecule has 0 bridgehead atoms. The lowest BCUT2D eigenvalue weighted by Crippen LogP contribution is -2.15. The van der Waals surface area contributed by atoms with E-state index in [1.54, 1.807) is 12.1 Å². The molecule has 5 N–H and O–H groups in total. The second-order valence-electron chi connectivity index (χ2n) is 4.22. The quantitative estimate of drug-likeness (QED) is 0.717. The first-order valence-corrected chi connectivity index (χ1v) is 7.75. The lowest BCUT2D eigenvalue weighted by molar-refractivity contribution is -0.113. The maximum absolute atomic E-state index is 12.0. The molecule has 0 saturated carbocycles. The predicted molar refractivity (Wildman–Crippen MR) is 89.2 cm³/mol. The molecule has 0 atom stereocenters. The van der Waals surface area contributed by atoms with E-state index < -0.39 is 0 Å². The molecule has 7 nitrogen and oxygen atoms in total. The van der Waals surface area contributed by atoms with Gasteiger partial charge in [-0.2, -0.15) is 15.0 Å². The highest BCUT2D eigenvalue weighted by molar-refractivity contribution is 7.99. The summed E-state index contributed by atoms with van der Waals surface area (Å²) in [5.41, 5.74) is 12.1. The summed E-state index contributed by atoms with van der Waals surface area (Å²) in [6.07, 6.45) is 0. The molecule has 1 heterocycles. The van der Waals surface area contributed by atoms with E-state index in [0.717, 1.165) is 17.3 Å². The monoisotopic (exact) mass is 358 g/mol. The van der Waals surface area contributed by atoms with Gasteiger partial charge >= 0.3 is 0 Å². The van der Waals surface area contributed by atoms with Crippen LogP contribution in [0.25, 0.3) is 0 Å². The van der Waals surface area contributed by atoms with Gasteiger partial charge in [0.1, 0.15) is 0 Å². The largest absolute Gasteiger partial charge is 0.368 e. The third kappa shape index (κ3) is 4.12. The van der Waals surface area contributed by atoms with E-state index in [9.17, 15) is 4.79 Å². The van der Waals surface area contributed by atoms with Crippen LogP contribution >= 0.6 is 35.0 Å². The number of hydrogen-bond acceptors (Lipinski definition) is 7. The Hall–Kier alpha value is -1.77. The first-order chi connectivity index (χ1) is 10.4. The highest BCUT2D eigenvalue weighted by atomic mass is 35.5. The van der Waals surface area contributed by atoms with Crippen molar-refractivity contribution < 1.29 is 4.79 Å². The molecule has 0 saturated heterocycles. The van der Waals surface area contributed by atoms with Gasteiger partial charge in [-0.1, -0.05) is 41.0 Å². The van der Waals surface area contributed by atoms with Crippen LogP contribution in [-0.4, -0.2) is 26.6 Å². The SMILES string of the molecule is Cc1ccc(Cl)c(NC(=O)CSc2nc(N)nc(N)n2)c1Cl. The fourth-order valence-corrected chi connectivity index (χ4v) is 2.64. The van der Waals surface area contributed by atoms with Crippen molar-refractivity contribution in [2.24, 2.45) is 0 Å². The number of carbonyl (C=O) groups excluding carboxylic acids is 1. The topological polar surface area (TPSA) is 120 Å². The number of nitrogens with one attached hydrogen (secondary N) is 1. The lowest BCUT2D eigenvalue weighted by atomic mass is 10.2. The number of aryl methyl sites for hydroxylation is 1. The van der Waals surface area contributed by atoms with Gasteiger partial charge in [-0.05, 0) is 18.6 Å². The van der Waals surface area contributed by atoms with E-state index >= 15 is 0 Å². The molecule has 22 heavy (non-hydrogen) atoms. The van der Waals surface area contributed by atoms with Crippen LogP contribution in [0.2, 0.25) is 10.0 Å². The van der Waals surface area contributed by atoms with Gasteiger partial charge in [0, 0.05) is 0 Å². The van der Waals surface area contributed by atoms with Gasteiger partial charge in [-0.3, -0.25) is 4.79 Å². The molecule has 0 fully saturated rings. The fourth-order valence-electron chi connectivity index (χ4n) is 1.53. The van der Waals surface area contributed by atoms with Crippen molar-refractivity contribution in [3.8, 4) is 0 Å². The van der Waals surface area contributed by atoms with Gasteiger partial charge in [-0.15, -0.1) is 0 Å². The zero-order chi connectivity index (χ0) is 16.3. The van der Waals surface area contributed by atoms with Gasteiger partial charge in [0.25, 0.3) is 0 Å². The van der Waals surface area contributed by atoms with Crippen molar-refractivity contribution in [1.82, 2.24) is 15.0 Å². The number of nitrogens with zero attached hydrogens (tertiary/aromatic N) is 3. The molecule has 0 radical (unpaired) electrons. The molecule has 10 heteroatoms. The zero-order valence-electron chi connectivity index (χ0n) is 11.4. The number of amides is 1. The fraction of sp³-hybridized carbons (Fsp3) is 0.167. The molecule has 0 spiro atoms. The van der Waals surface area contributed by atoms with Crippen LogP contribution < -0.4 is 16.8 Å². The second kappa shape index (κ2) is 6.99. The summed E-state index contributed by atoms with van der Waals surface area (Å²) < 4.78 is 0. The van der Waals surface area contributed by atoms with Gasteiger partial charge in [-0.25, -0.2) is 0 Å². The van der Waals surface area contributed by atoms with E-state index in [1.807, 2.05) is 6.92 Å². The summed E-state index contributed by atoms with van der Waals surface area (Å²) in [5.74, 6) is -0.263. The summed E-state index contributed by atoms with van der Waals surface area (Å²) in [4.78, 5) is 23.4. The Morgan fingerprint density at radius 3 is 2.50 bits per heavy atom. The average molecular weight is 359 g/mol. The van der Waals surface area contributed by atoms with Gasteiger partial charge in [0.2, 0.25) is 17.8 Å². The highest BCUT2D eigenvalue weighted by Gasteiger charge is 2.13. The molecule has 2 rings (SSSR count). The number of benzene rings is 1. The number of thioether (sulfide) groups is 1. The highest BCUT2D eigenvalue weighted by Crippen LogP contribution is 2.33. The van der Waals surface area contributed by atoms with E-state index in [4.69, 9.17) is 34.7 Å². The molecular weight excluding hydrogens is 347 g/mol. The normalized spacial score (nSPS) is 10.5. The number of hydrogen-bond donors (Lipinski definition) is 3. The van der Waals surface area contributed by atoms with E-state index in [-0.39, 0.29) is 28.7 Å². The third-order valence-electron chi connectivity index (χ3n) is 2.53. The Bertz CT molecular complexity index is 707. The molecule has 2 aromatic rings. The summed E-state index contributed by atoms with van der Waals surface area (Å²) in [7, 11) is 0. The van der Waals surface area contributed by atoms with Gasteiger partial charge < -0.3 is 16.8 Å². The number of aromatic nitrogens is 3. The molecule has 116 valence electrons. The van der Waals surface area contributed by atoms with Crippen LogP contribution in [-0.2, 0) is 4.79 Å². The predicted octanol–water partition coefficient (Wildman–Crippen LogP) is 2.38. The van der Waals surface area contributed by atoms with E-state index in [2.05, 4.69) is 20.3 Å². The summed E-state index contributed by atoms with van der Waals surface area (Å²) in [6, 6.07) is 3.43. The Kier molecular flexibility index (Phi) is 5.28. The van der Waals surface area contributed by atoms with Crippen LogP contribution in [0.15, 0.2) is 17.3 Å². The van der Waals surface area contributed by atoms with Crippen molar-refractivity contribution in [2.75, 3.05) is 22.5 Å². The molecule has 0 aliphatic rings. The molecule has 1 aromatic carbocycles. The number of anilines is 3. The Morgan fingerprint density at radius 2 is 1.86 bits per heavy atom. The molecule has 0 aliphatic carbocycles. The first kappa shape index (κ1) is 16.6. The van der Waals surface area contributed by atoms with Gasteiger partial charge in [0.05, 0.1) is 21.5 Å². The average Bonchev–Trinajstić information content (AvgIpc) is 2.44. The van der Waals surface area contributed by atoms with Crippen molar-refractivity contribution in [3.05, 3.63) is 27.7 Å². The smallest absolute Gasteiger partial charge is 0.234 e. The lowest BCUT2D eigenvalue weighted by Gasteiger charge is -2.10. The van der Waals surface area contributed by atoms with Crippen molar-refractivity contribution in [3.63, 3.8) is 0 Å². The van der Waals surface area contributed by atoms with Crippen LogP contribution in [0.3, 0.4) is 0 Å². The van der Waals surface area contributed by atoms with Gasteiger partial charge in [0.15, 0.2) is 5.16 Å². The molecule has 1 aromatic heterocycles. The van der Waals surface area contributed by atoms with Crippen molar-refractivity contribution in [2.45, 2.75) is 12.1 Å². The number of halogens is 2. The van der Waals surface area contributed by atoms with E-state index in [0.29, 0.717) is 15.7 Å². The molecular formula is C12H12Cl2N6OS. The van der Waals surface area contributed by atoms with Crippen LogP contribution in [0.1, 0.15) is 5.56 Å². The first-order valence-electron chi connectivity index (χ1n) is 6.01. The summed E-state index contributed by atoms with van der Waals surface area (Å²) in [5, 5.41) is 3.69. The molecule has 1 amide bonds. The molecule has 0 aliphatic heterocycles. The van der Waals surface area contributed by atoms with Crippen LogP contribution in [0.5, 0.6) is 0 Å². The van der Waals surface area contributed by atoms with Crippen LogP contribution in [0.4, 0.5) is 17.6 Å². The Balaban J connectivity index is 2.03. The maximum Gasteiger partial charge on any atom is 0.234 e. The van der Waals surface area contributed by atoms with Crippen molar-refractivity contribution in [1.29, 1.82) is 0 Å². The van der Waals surface area contributed by atoms with E-state index in [1.165, 1.54) is 0 Å². The Labute approximate surface area is 140 Å².